The van der Waals surface area contributed by atoms with Gasteiger partial charge in [0.1, 0.15) is 12.4 Å². The molecule has 1 aromatic heterocycles. The summed E-state index contributed by atoms with van der Waals surface area (Å²) in [5.41, 5.74) is 1.76. The zero-order valence-corrected chi connectivity index (χ0v) is 13.5. The van der Waals surface area contributed by atoms with E-state index in [9.17, 15) is 9.59 Å². The topological polar surface area (TPSA) is 81.4 Å². The first-order valence-corrected chi connectivity index (χ1v) is 7.49. The van der Waals surface area contributed by atoms with Gasteiger partial charge < -0.3 is 14.6 Å². The summed E-state index contributed by atoms with van der Waals surface area (Å²) < 4.78 is 10.7. The Morgan fingerprint density at radius 1 is 1.30 bits per heavy atom. The maximum Gasteiger partial charge on any atom is 0.224 e. The highest BCUT2D eigenvalue weighted by Crippen LogP contribution is 2.24. The lowest BCUT2D eigenvalue weighted by Crippen LogP contribution is -2.11. The van der Waals surface area contributed by atoms with Crippen molar-refractivity contribution in [2.75, 3.05) is 5.32 Å². The van der Waals surface area contributed by atoms with Crippen LogP contribution in [-0.4, -0.2) is 16.8 Å². The van der Waals surface area contributed by atoms with Gasteiger partial charge in [0.15, 0.2) is 11.5 Å². The number of aryl methyl sites for hydroxylation is 1. The summed E-state index contributed by atoms with van der Waals surface area (Å²) in [6, 6.07) is 6.77. The van der Waals surface area contributed by atoms with Crippen molar-refractivity contribution in [3.05, 3.63) is 41.3 Å². The van der Waals surface area contributed by atoms with Gasteiger partial charge in [0.05, 0.1) is 11.3 Å². The number of amides is 1. The highest BCUT2D eigenvalue weighted by atomic mass is 16.5. The van der Waals surface area contributed by atoms with Crippen LogP contribution in [-0.2, 0) is 11.4 Å². The zero-order valence-electron chi connectivity index (χ0n) is 13.5. The molecule has 0 radical (unpaired) electrons. The van der Waals surface area contributed by atoms with Crippen LogP contribution >= 0.6 is 0 Å². The lowest BCUT2D eigenvalue weighted by atomic mass is 10.1. The summed E-state index contributed by atoms with van der Waals surface area (Å²) in [6.07, 6.45) is 1.21. The van der Waals surface area contributed by atoms with Crippen LogP contribution in [0.5, 0.6) is 5.75 Å². The lowest BCUT2D eigenvalue weighted by molar-refractivity contribution is -0.116. The molecule has 2 rings (SSSR count). The molecule has 1 N–H and O–H groups in total. The Morgan fingerprint density at radius 3 is 2.70 bits per heavy atom. The van der Waals surface area contributed by atoms with Crippen LogP contribution in [0, 0.1) is 6.92 Å². The average molecular weight is 316 g/mol. The summed E-state index contributed by atoms with van der Waals surface area (Å²) >= 11 is 0. The normalized spacial score (nSPS) is 10.4. The Kier molecular flexibility index (Phi) is 5.51. The summed E-state index contributed by atoms with van der Waals surface area (Å²) in [5, 5.41) is 6.55. The molecule has 122 valence electrons. The number of ether oxygens (including phenoxy) is 1. The van der Waals surface area contributed by atoms with E-state index >= 15 is 0 Å². The number of carbonyl (C=O) groups is 2. The molecular formula is C17H20N2O4. The zero-order chi connectivity index (χ0) is 16.8. The molecule has 0 saturated heterocycles. The van der Waals surface area contributed by atoms with Crippen molar-refractivity contribution in [2.45, 2.75) is 40.2 Å². The van der Waals surface area contributed by atoms with Crippen molar-refractivity contribution in [3.63, 3.8) is 0 Å². The van der Waals surface area contributed by atoms with Gasteiger partial charge in [-0.05, 0) is 38.5 Å². The number of hydrogen-bond acceptors (Lipinski definition) is 5. The highest BCUT2D eigenvalue weighted by molar-refractivity contribution is 5.99. The molecule has 0 bridgehead atoms. The fourth-order valence-electron chi connectivity index (χ4n) is 2.09. The molecule has 0 fully saturated rings. The SMILES string of the molecule is CCCC(=O)Nc1ccc(OCc2cc(C)no2)c(C(C)=O)c1. The molecule has 0 atom stereocenters. The van der Waals surface area contributed by atoms with E-state index in [1.807, 2.05) is 13.8 Å². The first-order valence-electron chi connectivity index (χ1n) is 7.49. The number of ketones is 1. The Morgan fingerprint density at radius 2 is 2.09 bits per heavy atom. The van der Waals surface area contributed by atoms with Crippen molar-refractivity contribution >= 4 is 17.4 Å². The maximum atomic E-state index is 11.8. The summed E-state index contributed by atoms with van der Waals surface area (Å²) in [5.74, 6) is 0.811. The molecule has 6 heteroatoms. The number of benzene rings is 1. The number of aromatic nitrogens is 1. The van der Waals surface area contributed by atoms with Crippen LogP contribution in [0.3, 0.4) is 0 Å². The van der Waals surface area contributed by atoms with Gasteiger partial charge in [-0.15, -0.1) is 0 Å². The van der Waals surface area contributed by atoms with E-state index in [1.54, 1.807) is 24.3 Å². The van der Waals surface area contributed by atoms with Crippen LogP contribution in [0.15, 0.2) is 28.8 Å². The van der Waals surface area contributed by atoms with Crippen LogP contribution in [0.2, 0.25) is 0 Å². The predicted molar refractivity (Wildman–Crippen MR) is 85.6 cm³/mol. The standard InChI is InChI=1S/C17H20N2O4/c1-4-5-17(21)18-13-6-7-16(15(9-13)12(3)20)22-10-14-8-11(2)19-23-14/h6-9H,4-5,10H2,1-3H3,(H,18,21). The number of hydrogen-bond donors (Lipinski definition) is 1. The van der Waals surface area contributed by atoms with Gasteiger partial charge in [-0.25, -0.2) is 0 Å². The van der Waals surface area contributed by atoms with Crippen molar-refractivity contribution < 1.29 is 18.8 Å². The van der Waals surface area contributed by atoms with Gasteiger partial charge >= 0.3 is 0 Å². The monoisotopic (exact) mass is 316 g/mol. The molecule has 0 saturated carbocycles. The Balaban J connectivity index is 2.12. The third kappa shape index (κ3) is 4.67. The molecule has 0 spiro atoms. The Hall–Kier alpha value is -2.63. The van der Waals surface area contributed by atoms with Gasteiger partial charge in [0.25, 0.3) is 0 Å². The summed E-state index contributed by atoms with van der Waals surface area (Å²) in [4.78, 5) is 23.5. The lowest BCUT2D eigenvalue weighted by Gasteiger charge is -2.11. The predicted octanol–water partition coefficient (Wildman–Crippen LogP) is 3.50. The fraction of sp³-hybridized carbons (Fsp3) is 0.353. The maximum absolute atomic E-state index is 11.8. The van der Waals surface area contributed by atoms with Gasteiger partial charge in [0.2, 0.25) is 5.91 Å². The largest absolute Gasteiger partial charge is 0.485 e. The van der Waals surface area contributed by atoms with E-state index in [2.05, 4.69) is 10.5 Å². The third-order valence-corrected chi connectivity index (χ3v) is 3.17. The van der Waals surface area contributed by atoms with Crippen LogP contribution in [0.25, 0.3) is 0 Å². The Bertz CT molecular complexity index is 706. The Labute approximate surface area is 134 Å². The second-order valence-corrected chi connectivity index (χ2v) is 5.29. The molecule has 0 unspecified atom stereocenters. The van der Waals surface area contributed by atoms with E-state index in [0.717, 1.165) is 12.1 Å². The van der Waals surface area contributed by atoms with E-state index in [4.69, 9.17) is 9.26 Å². The van der Waals surface area contributed by atoms with E-state index in [1.165, 1.54) is 6.92 Å². The molecule has 23 heavy (non-hydrogen) atoms. The quantitative estimate of drug-likeness (QED) is 0.791. The molecule has 1 amide bonds. The van der Waals surface area contributed by atoms with E-state index in [0.29, 0.717) is 29.2 Å². The van der Waals surface area contributed by atoms with Gasteiger partial charge in [-0.3, -0.25) is 9.59 Å². The van der Waals surface area contributed by atoms with E-state index in [-0.39, 0.29) is 18.3 Å². The summed E-state index contributed by atoms with van der Waals surface area (Å²) in [6.45, 7) is 5.39. The second-order valence-electron chi connectivity index (χ2n) is 5.29. The fourth-order valence-corrected chi connectivity index (χ4v) is 2.09. The van der Waals surface area contributed by atoms with Gasteiger partial charge in [0, 0.05) is 18.2 Å². The first-order chi connectivity index (χ1) is 11.0. The average Bonchev–Trinajstić information content (AvgIpc) is 2.91. The minimum Gasteiger partial charge on any atom is -0.485 e. The molecule has 2 aromatic rings. The van der Waals surface area contributed by atoms with Crippen molar-refractivity contribution in [3.8, 4) is 5.75 Å². The molecule has 1 heterocycles. The first kappa shape index (κ1) is 16.7. The summed E-state index contributed by atoms with van der Waals surface area (Å²) in [7, 11) is 0. The molecule has 0 aliphatic carbocycles. The number of nitrogens with zero attached hydrogens (tertiary/aromatic N) is 1. The van der Waals surface area contributed by atoms with Crippen LogP contribution in [0.4, 0.5) is 5.69 Å². The van der Waals surface area contributed by atoms with Gasteiger partial charge in [-0.1, -0.05) is 12.1 Å². The molecule has 0 aliphatic heterocycles. The molecule has 1 aromatic carbocycles. The number of anilines is 1. The van der Waals surface area contributed by atoms with E-state index < -0.39 is 0 Å². The molecule has 0 aliphatic rings. The van der Waals surface area contributed by atoms with Gasteiger partial charge in [-0.2, -0.15) is 0 Å². The number of Topliss-reactive ketones (excluding diaryl/α,β-unsaturated/α-hetero) is 1. The van der Waals surface area contributed by atoms with Crippen molar-refractivity contribution in [1.82, 2.24) is 5.16 Å². The number of nitrogens with one attached hydrogen (secondary N) is 1. The minimum absolute atomic E-state index is 0.0761. The molecular weight excluding hydrogens is 296 g/mol. The number of carbonyl (C=O) groups excluding carboxylic acids is 2. The smallest absolute Gasteiger partial charge is 0.224 e. The number of rotatable bonds is 7. The highest BCUT2D eigenvalue weighted by Gasteiger charge is 2.12. The van der Waals surface area contributed by atoms with Crippen LogP contribution < -0.4 is 10.1 Å². The second kappa shape index (κ2) is 7.58. The van der Waals surface area contributed by atoms with Crippen LogP contribution in [0.1, 0.15) is 48.5 Å². The molecule has 6 nitrogen and oxygen atoms in total. The minimum atomic E-state index is -0.139. The van der Waals surface area contributed by atoms with Crippen molar-refractivity contribution in [1.29, 1.82) is 0 Å². The third-order valence-electron chi connectivity index (χ3n) is 3.17. The van der Waals surface area contributed by atoms with Crippen molar-refractivity contribution in [2.24, 2.45) is 0 Å².